The van der Waals surface area contributed by atoms with Crippen molar-refractivity contribution < 1.29 is 14.3 Å². The van der Waals surface area contributed by atoms with Gasteiger partial charge in [0, 0.05) is 48.3 Å². The Morgan fingerprint density at radius 2 is 1.65 bits per heavy atom. The van der Waals surface area contributed by atoms with Crippen molar-refractivity contribution in [1.82, 2.24) is 5.32 Å². The average molecular weight is 483 g/mol. The largest absolute Gasteiger partial charge is 0.375 e. The summed E-state index contributed by atoms with van der Waals surface area (Å²) in [6, 6.07) is 14.1. The number of carbonyl (C=O) groups is 2. The van der Waals surface area contributed by atoms with Gasteiger partial charge < -0.3 is 25.2 Å². The Kier molecular flexibility index (Phi) is 6.66. The molecule has 180 valence electrons. The van der Waals surface area contributed by atoms with E-state index in [-0.39, 0.29) is 11.5 Å². The summed E-state index contributed by atoms with van der Waals surface area (Å²) < 4.78 is 6.04. The SMILES string of the molecule is O=C(Nc1ccc(Cl)cc1)NC1CCCN(c2ccc(N3CCC4(CCCO4)CC3)cc2)C1=O. The Balaban J connectivity index is 1.18. The van der Waals surface area contributed by atoms with E-state index in [9.17, 15) is 9.59 Å². The first kappa shape index (κ1) is 23.0. The van der Waals surface area contributed by atoms with Crippen LogP contribution in [0.15, 0.2) is 48.5 Å². The van der Waals surface area contributed by atoms with Gasteiger partial charge in [0.25, 0.3) is 0 Å². The summed E-state index contributed by atoms with van der Waals surface area (Å²) in [6.45, 7) is 3.55. The highest BCUT2D eigenvalue weighted by atomic mass is 35.5. The van der Waals surface area contributed by atoms with Gasteiger partial charge in [-0.25, -0.2) is 4.79 Å². The smallest absolute Gasteiger partial charge is 0.319 e. The molecule has 0 aliphatic carbocycles. The first-order valence-corrected chi connectivity index (χ1v) is 12.5. The number of rotatable bonds is 4. The molecule has 34 heavy (non-hydrogen) atoms. The average Bonchev–Trinajstić information content (AvgIpc) is 3.30. The van der Waals surface area contributed by atoms with Gasteiger partial charge in [-0.2, -0.15) is 0 Å². The Morgan fingerprint density at radius 1 is 0.941 bits per heavy atom. The fourth-order valence-corrected chi connectivity index (χ4v) is 5.42. The summed E-state index contributed by atoms with van der Waals surface area (Å²) >= 11 is 5.89. The number of ether oxygens (including phenoxy) is 1. The predicted molar refractivity (Wildman–Crippen MR) is 135 cm³/mol. The summed E-state index contributed by atoms with van der Waals surface area (Å²) in [7, 11) is 0. The van der Waals surface area contributed by atoms with Gasteiger partial charge in [0.05, 0.1) is 5.60 Å². The van der Waals surface area contributed by atoms with Crippen LogP contribution in [-0.2, 0) is 9.53 Å². The van der Waals surface area contributed by atoms with Crippen molar-refractivity contribution in [2.75, 3.05) is 41.4 Å². The minimum atomic E-state index is -0.551. The molecule has 3 amide bonds. The van der Waals surface area contributed by atoms with Gasteiger partial charge in [-0.1, -0.05) is 11.6 Å². The van der Waals surface area contributed by atoms with Gasteiger partial charge in [-0.3, -0.25) is 4.79 Å². The summed E-state index contributed by atoms with van der Waals surface area (Å²) in [5, 5.41) is 6.18. The number of anilines is 3. The number of piperidine rings is 2. The first-order valence-electron chi connectivity index (χ1n) is 12.1. The molecule has 5 rings (SSSR count). The third kappa shape index (κ3) is 5.00. The van der Waals surface area contributed by atoms with E-state index in [0.29, 0.717) is 23.7 Å². The molecule has 0 bridgehead atoms. The van der Waals surface area contributed by atoms with Crippen LogP contribution in [0, 0.1) is 0 Å². The Bertz CT molecular complexity index is 1010. The highest BCUT2D eigenvalue weighted by Gasteiger charge is 2.38. The molecule has 7 nitrogen and oxygen atoms in total. The van der Waals surface area contributed by atoms with Crippen LogP contribution in [0.4, 0.5) is 21.9 Å². The Hall–Kier alpha value is -2.77. The van der Waals surface area contributed by atoms with Crippen LogP contribution in [0.5, 0.6) is 0 Å². The van der Waals surface area contributed by atoms with Crippen LogP contribution < -0.4 is 20.4 Å². The zero-order valence-electron chi connectivity index (χ0n) is 19.3. The number of hydrogen-bond donors (Lipinski definition) is 2. The van der Waals surface area contributed by atoms with Crippen molar-refractivity contribution in [1.29, 1.82) is 0 Å². The van der Waals surface area contributed by atoms with Gasteiger partial charge in [-0.15, -0.1) is 0 Å². The highest BCUT2D eigenvalue weighted by molar-refractivity contribution is 6.30. The highest BCUT2D eigenvalue weighted by Crippen LogP contribution is 2.37. The lowest BCUT2D eigenvalue weighted by molar-refractivity contribution is -0.121. The van der Waals surface area contributed by atoms with Crippen molar-refractivity contribution in [2.45, 2.75) is 50.2 Å². The molecule has 3 aliphatic heterocycles. The van der Waals surface area contributed by atoms with Crippen LogP contribution in [0.25, 0.3) is 0 Å². The molecule has 1 atom stereocenters. The van der Waals surface area contributed by atoms with E-state index < -0.39 is 12.1 Å². The lowest BCUT2D eigenvalue weighted by Gasteiger charge is -2.40. The number of carbonyl (C=O) groups excluding carboxylic acids is 2. The molecular weight excluding hydrogens is 452 g/mol. The molecule has 0 radical (unpaired) electrons. The lowest BCUT2D eigenvalue weighted by atomic mass is 9.88. The minimum Gasteiger partial charge on any atom is -0.375 e. The fraction of sp³-hybridized carbons (Fsp3) is 0.462. The normalized spacial score (nSPS) is 22.1. The molecule has 2 aromatic rings. The summed E-state index contributed by atoms with van der Waals surface area (Å²) in [5.41, 5.74) is 2.78. The molecule has 2 aromatic carbocycles. The molecule has 8 heteroatoms. The number of hydrogen-bond acceptors (Lipinski definition) is 4. The molecule has 3 saturated heterocycles. The number of urea groups is 1. The van der Waals surface area contributed by atoms with Gasteiger partial charge in [0.15, 0.2) is 0 Å². The van der Waals surface area contributed by atoms with Crippen molar-refractivity contribution in [3.63, 3.8) is 0 Å². The standard InChI is InChI=1S/C26H31ClN4O3/c27-19-4-6-20(7-5-19)28-25(33)29-23-3-1-15-31(24(23)32)22-10-8-21(9-11-22)30-16-13-26(14-17-30)12-2-18-34-26/h4-11,23H,1-3,12-18H2,(H2,28,29,33). The second kappa shape index (κ2) is 9.84. The third-order valence-electron chi connectivity index (χ3n) is 7.23. The summed E-state index contributed by atoms with van der Waals surface area (Å²) in [6.07, 6.45) is 5.96. The molecule has 0 saturated carbocycles. The number of benzene rings is 2. The van der Waals surface area contributed by atoms with Crippen LogP contribution in [0.1, 0.15) is 38.5 Å². The molecular formula is C26H31ClN4O3. The van der Waals surface area contributed by atoms with E-state index in [1.165, 1.54) is 18.5 Å². The van der Waals surface area contributed by atoms with Crippen LogP contribution in [0.2, 0.25) is 5.02 Å². The molecule has 3 aliphatic rings. The van der Waals surface area contributed by atoms with Crippen LogP contribution in [-0.4, -0.2) is 49.8 Å². The molecule has 0 aromatic heterocycles. The van der Waals surface area contributed by atoms with E-state index >= 15 is 0 Å². The van der Waals surface area contributed by atoms with Crippen molar-refractivity contribution >= 4 is 40.6 Å². The second-order valence-corrected chi connectivity index (χ2v) is 9.86. The lowest BCUT2D eigenvalue weighted by Crippen LogP contribution is -2.53. The second-order valence-electron chi connectivity index (χ2n) is 9.43. The molecule has 3 heterocycles. The molecule has 2 N–H and O–H groups in total. The monoisotopic (exact) mass is 482 g/mol. The first-order chi connectivity index (χ1) is 16.5. The van der Waals surface area contributed by atoms with Crippen molar-refractivity contribution in [3.8, 4) is 0 Å². The maximum absolute atomic E-state index is 13.1. The van der Waals surface area contributed by atoms with Gasteiger partial charge in [-0.05, 0) is 87.1 Å². The molecule has 3 fully saturated rings. The fourth-order valence-electron chi connectivity index (χ4n) is 5.29. The number of nitrogens with one attached hydrogen (secondary N) is 2. The molecule has 1 spiro atoms. The van der Waals surface area contributed by atoms with Crippen molar-refractivity contribution in [2.24, 2.45) is 0 Å². The van der Waals surface area contributed by atoms with Gasteiger partial charge >= 0.3 is 6.03 Å². The van der Waals surface area contributed by atoms with E-state index in [1.54, 1.807) is 29.2 Å². The van der Waals surface area contributed by atoms with Crippen LogP contribution >= 0.6 is 11.6 Å². The maximum atomic E-state index is 13.1. The van der Waals surface area contributed by atoms with E-state index in [4.69, 9.17) is 16.3 Å². The van der Waals surface area contributed by atoms with E-state index in [2.05, 4.69) is 27.7 Å². The summed E-state index contributed by atoms with van der Waals surface area (Å²) in [4.78, 5) is 29.7. The maximum Gasteiger partial charge on any atom is 0.319 e. The summed E-state index contributed by atoms with van der Waals surface area (Å²) in [5.74, 6) is -0.0800. The zero-order chi connectivity index (χ0) is 23.5. The van der Waals surface area contributed by atoms with Crippen LogP contribution in [0.3, 0.4) is 0 Å². The Morgan fingerprint density at radius 3 is 2.32 bits per heavy atom. The third-order valence-corrected chi connectivity index (χ3v) is 7.48. The predicted octanol–water partition coefficient (Wildman–Crippen LogP) is 4.81. The number of nitrogens with zero attached hydrogens (tertiary/aromatic N) is 2. The minimum absolute atomic E-state index is 0.0800. The van der Waals surface area contributed by atoms with Gasteiger partial charge in [0.2, 0.25) is 5.91 Å². The van der Waals surface area contributed by atoms with E-state index in [0.717, 1.165) is 44.6 Å². The molecule has 1 unspecified atom stereocenters. The quantitative estimate of drug-likeness (QED) is 0.656. The Labute approximate surface area is 205 Å². The topological polar surface area (TPSA) is 73.9 Å². The zero-order valence-corrected chi connectivity index (χ0v) is 20.0. The van der Waals surface area contributed by atoms with E-state index in [1.807, 2.05) is 12.1 Å². The number of amides is 3. The van der Waals surface area contributed by atoms with Crippen molar-refractivity contribution in [3.05, 3.63) is 53.6 Å². The van der Waals surface area contributed by atoms with Gasteiger partial charge in [0.1, 0.15) is 6.04 Å². The number of halogens is 1.